The Morgan fingerprint density at radius 1 is 1.33 bits per heavy atom. The molecule has 2 aliphatic heterocycles. The zero-order chi connectivity index (χ0) is 22.8. The third-order valence-corrected chi connectivity index (χ3v) is 7.20. The molecule has 1 N–H and O–H groups in total. The van der Waals surface area contributed by atoms with Gasteiger partial charge >= 0.3 is 5.97 Å². The number of aromatic nitrogens is 2. The minimum Gasteiger partial charge on any atom is -0.486 e. The fourth-order valence-corrected chi connectivity index (χ4v) is 5.40. The molecule has 5 rings (SSSR count). The second-order valence-electron chi connectivity index (χ2n) is 8.07. The van der Waals surface area contributed by atoms with Crippen molar-refractivity contribution in [3.05, 3.63) is 41.4 Å². The molecule has 174 valence electrons. The average Bonchev–Trinajstić information content (AvgIpc) is 3.31. The highest BCUT2D eigenvalue weighted by Gasteiger charge is 2.46. The van der Waals surface area contributed by atoms with Crippen LogP contribution < -0.4 is 19.7 Å². The van der Waals surface area contributed by atoms with Gasteiger partial charge < -0.3 is 19.1 Å². The van der Waals surface area contributed by atoms with Crippen LogP contribution in [0.5, 0.6) is 11.5 Å². The molecule has 1 saturated heterocycles. The molecule has 2 aromatic heterocycles. The Bertz CT molecular complexity index is 1160. The van der Waals surface area contributed by atoms with Gasteiger partial charge in [0, 0.05) is 31.1 Å². The van der Waals surface area contributed by atoms with Crippen LogP contribution in [0.25, 0.3) is 10.2 Å². The van der Waals surface area contributed by atoms with E-state index in [-0.39, 0.29) is 5.97 Å². The molecule has 0 aliphatic carbocycles. The summed E-state index contributed by atoms with van der Waals surface area (Å²) < 4.78 is 16.7. The van der Waals surface area contributed by atoms with Crippen molar-refractivity contribution < 1.29 is 19.0 Å². The molecule has 0 spiro atoms. The van der Waals surface area contributed by atoms with Gasteiger partial charge in [0.15, 0.2) is 11.5 Å². The number of fused-ring (bicyclic) bond motifs is 2. The van der Waals surface area contributed by atoms with Crippen molar-refractivity contribution in [2.75, 3.05) is 31.3 Å². The number of esters is 1. The van der Waals surface area contributed by atoms with E-state index in [1.54, 1.807) is 11.3 Å². The van der Waals surface area contributed by atoms with Gasteiger partial charge in [-0.05, 0) is 42.5 Å². The summed E-state index contributed by atoms with van der Waals surface area (Å²) in [6.07, 6.45) is 2.69. The second-order valence-corrected chi connectivity index (χ2v) is 9.47. The monoisotopic (exact) mass is 488 g/mol. The van der Waals surface area contributed by atoms with Crippen molar-refractivity contribution in [1.29, 1.82) is 0 Å². The number of thiophene rings is 1. The zero-order valence-electron chi connectivity index (χ0n) is 18.3. The number of ether oxygens (including phenoxy) is 3. The predicted octanol–water partition coefficient (Wildman–Crippen LogP) is 3.72. The van der Waals surface area contributed by atoms with E-state index in [9.17, 15) is 4.79 Å². The summed E-state index contributed by atoms with van der Waals surface area (Å²) in [6, 6.07) is 7.80. The first-order valence-corrected chi connectivity index (χ1v) is 12.3. The summed E-state index contributed by atoms with van der Waals surface area (Å²) in [6.45, 7) is 4.19. The fourth-order valence-electron chi connectivity index (χ4n) is 4.22. The van der Waals surface area contributed by atoms with E-state index in [1.807, 2.05) is 47.7 Å². The molecule has 2 unspecified atom stereocenters. The summed E-state index contributed by atoms with van der Waals surface area (Å²) in [4.78, 5) is 25.1. The number of rotatable bonds is 6. The van der Waals surface area contributed by atoms with Gasteiger partial charge in [-0.15, -0.1) is 11.3 Å². The first-order valence-electron chi connectivity index (χ1n) is 11.0. The third kappa shape index (κ3) is 4.45. The maximum atomic E-state index is 13.1. The van der Waals surface area contributed by atoms with Gasteiger partial charge in [-0.1, -0.05) is 17.7 Å². The first-order chi connectivity index (χ1) is 16.1. The Kier molecular flexibility index (Phi) is 6.27. The van der Waals surface area contributed by atoms with Crippen LogP contribution >= 0.6 is 22.9 Å². The minimum atomic E-state index is -0.904. The molecular weight excluding hydrogens is 464 g/mol. The molecule has 8 nitrogen and oxygen atoms in total. The molecule has 3 aromatic rings. The lowest BCUT2D eigenvalue weighted by atomic mass is 9.87. The van der Waals surface area contributed by atoms with Crippen LogP contribution in [0.2, 0.25) is 0 Å². The maximum Gasteiger partial charge on any atom is 0.326 e. The van der Waals surface area contributed by atoms with Gasteiger partial charge in [0.25, 0.3) is 0 Å². The van der Waals surface area contributed by atoms with Crippen LogP contribution in [0.15, 0.2) is 35.8 Å². The normalized spacial score (nSPS) is 22.4. The van der Waals surface area contributed by atoms with Crippen molar-refractivity contribution in [2.24, 2.45) is 0 Å². The Labute approximate surface area is 200 Å². The number of carbonyl (C=O) groups is 1. The zero-order valence-corrected chi connectivity index (χ0v) is 19.8. The van der Waals surface area contributed by atoms with Crippen molar-refractivity contribution >= 4 is 45.1 Å². The molecule has 1 aromatic carbocycles. The molecule has 4 heterocycles. The van der Waals surface area contributed by atoms with Crippen molar-refractivity contribution in [3.8, 4) is 11.5 Å². The topological polar surface area (TPSA) is 85.8 Å². The van der Waals surface area contributed by atoms with Crippen LogP contribution in [0, 0.1) is 0 Å². The number of nitrogens with one attached hydrogen (secondary N) is 1. The smallest absolute Gasteiger partial charge is 0.326 e. The van der Waals surface area contributed by atoms with E-state index in [0.717, 1.165) is 27.3 Å². The second kappa shape index (κ2) is 9.32. The van der Waals surface area contributed by atoms with Gasteiger partial charge in [0.1, 0.15) is 29.1 Å². The average molecular weight is 489 g/mol. The van der Waals surface area contributed by atoms with E-state index in [1.165, 1.54) is 0 Å². The highest BCUT2D eigenvalue weighted by atomic mass is 35.5. The van der Waals surface area contributed by atoms with Gasteiger partial charge in [-0.2, -0.15) is 0 Å². The van der Waals surface area contributed by atoms with E-state index in [2.05, 4.69) is 15.3 Å². The molecule has 0 amide bonds. The number of hydrogen-bond donors (Lipinski definition) is 1. The van der Waals surface area contributed by atoms with E-state index in [4.69, 9.17) is 25.8 Å². The van der Waals surface area contributed by atoms with Crippen LogP contribution in [-0.2, 0) is 16.1 Å². The Balaban J connectivity index is 1.34. The number of hydrogen-bond acceptors (Lipinski definition) is 9. The third-order valence-electron chi connectivity index (χ3n) is 5.99. The predicted molar refractivity (Wildman–Crippen MR) is 127 cm³/mol. The first kappa shape index (κ1) is 22.2. The Hall–Kier alpha value is -2.62. The summed E-state index contributed by atoms with van der Waals surface area (Å²) in [5.74, 6) is 1.75. The lowest BCUT2D eigenvalue weighted by Gasteiger charge is -2.43. The van der Waals surface area contributed by atoms with Crippen LogP contribution in [-0.4, -0.2) is 53.3 Å². The van der Waals surface area contributed by atoms with E-state index in [0.29, 0.717) is 51.7 Å². The summed E-state index contributed by atoms with van der Waals surface area (Å²) in [5.41, 5.74) is -0.379. The fraction of sp³-hybridized carbons (Fsp3) is 0.435. The molecule has 0 saturated carbocycles. The standard InChI is InChI=1S/C23H25ClN4O4S/c1-2-30-21(29)23(26-13-15-3-4-17-18(11-15)32-9-8-31-17)6-7-28(19(24)12-23)22-25-14-16-5-10-33-20(16)27-22/h3-5,10-11,14,19,26H,2,6-9,12-13H2,1H3. The van der Waals surface area contributed by atoms with Crippen LogP contribution in [0.3, 0.4) is 0 Å². The number of benzene rings is 1. The van der Waals surface area contributed by atoms with Gasteiger partial charge in [0.05, 0.1) is 6.61 Å². The summed E-state index contributed by atoms with van der Waals surface area (Å²) in [5, 5.41) is 6.45. The maximum absolute atomic E-state index is 13.1. The van der Waals surface area contributed by atoms with Crippen molar-refractivity contribution in [3.63, 3.8) is 0 Å². The van der Waals surface area contributed by atoms with Crippen molar-refractivity contribution in [1.82, 2.24) is 15.3 Å². The summed E-state index contributed by atoms with van der Waals surface area (Å²) >= 11 is 8.38. The number of anilines is 1. The molecule has 10 heteroatoms. The van der Waals surface area contributed by atoms with Gasteiger partial charge in [0.2, 0.25) is 5.95 Å². The number of nitrogens with zero attached hydrogens (tertiary/aromatic N) is 3. The SMILES string of the molecule is CCOC(=O)C1(NCc2ccc3c(c2)OCCO3)CCN(c2ncc3ccsc3n2)C(Cl)C1. The number of halogens is 1. The molecule has 2 atom stereocenters. The van der Waals surface area contributed by atoms with E-state index >= 15 is 0 Å². The number of carbonyl (C=O) groups excluding carboxylic acids is 1. The quantitative estimate of drug-likeness (QED) is 0.319. The number of piperidine rings is 1. The Morgan fingerprint density at radius 2 is 2.18 bits per heavy atom. The molecule has 33 heavy (non-hydrogen) atoms. The molecular formula is C23H25ClN4O4S. The van der Waals surface area contributed by atoms with Crippen LogP contribution in [0.4, 0.5) is 5.95 Å². The lowest BCUT2D eigenvalue weighted by Crippen LogP contribution is -2.61. The van der Waals surface area contributed by atoms with Gasteiger partial charge in [-0.25, -0.2) is 9.97 Å². The largest absolute Gasteiger partial charge is 0.486 e. The van der Waals surface area contributed by atoms with Crippen molar-refractivity contribution in [2.45, 2.75) is 37.4 Å². The molecule has 2 aliphatic rings. The van der Waals surface area contributed by atoms with E-state index < -0.39 is 11.0 Å². The highest BCUT2D eigenvalue weighted by Crippen LogP contribution is 2.35. The highest BCUT2D eigenvalue weighted by molar-refractivity contribution is 7.16. The molecule has 0 bridgehead atoms. The minimum absolute atomic E-state index is 0.289. The summed E-state index contributed by atoms with van der Waals surface area (Å²) in [7, 11) is 0. The molecule has 1 fully saturated rings. The molecule has 0 radical (unpaired) electrons. The van der Waals surface area contributed by atoms with Gasteiger partial charge in [-0.3, -0.25) is 10.1 Å². The Morgan fingerprint density at radius 3 is 3.00 bits per heavy atom. The number of alkyl halides is 1. The lowest BCUT2D eigenvalue weighted by molar-refractivity contribution is -0.152. The van der Waals surface area contributed by atoms with Crippen LogP contribution in [0.1, 0.15) is 25.3 Å².